The fourth-order valence-corrected chi connectivity index (χ4v) is 4.41. The second-order valence-electron chi connectivity index (χ2n) is 5.67. The molecule has 0 aromatic heterocycles. The molecule has 1 aromatic carbocycles. The van der Waals surface area contributed by atoms with Crippen molar-refractivity contribution in [2.45, 2.75) is 56.9 Å². The molecule has 0 amide bonds. The van der Waals surface area contributed by atoms with Crippen molar-refractivity contribution in [1.82, 2.24) is 4.31 Å². The molecule has 1 fully saturated rings. The van der Waals surface area contributed by atoms with E-state index >= 15 is 0 Å². The summed E-state index contributed by atoms with van der Waals surface area (Å²) in [7, 11) is -1.71. The van der Waals surface area contributed by atoms with Crippen LogP contribution in [0.15, 0.2) is 23.1 Å². The van der Waals surface area contributed by atoms with E-state index in [0.717, 1.165) is 37.0 Å². The van der Waals surface area contributed by atoms with E-state index in [-0.39, 0.29) is 6.04 Å². The lowest BCUT2D eigenvalue weighted by molar-refractivity contribution is 0.285. The lowest BCUT2D eigenvalue weighted by Crippen LogP contribution is -2.38. The van der Waals surface area contributed by atoms with Gasteiger partial charge in [0.15, 0.2) is 0 Å². The smallest absolute Gasteiger partial charge is 0.243 e. The van der Waals surface area contributed by atoms with Crippen LogP contribution >= 0.6 is 0 Å². The van der Waals surface area contributed by atoms with Crippen molar-refractivity contribution >= 4 is 10.0 Å². The normalized spacial score (nSPS) is 17.1. The molecule has 0 aliphatic heterocycles. The Morgan fingerprint density at radius 3 is 2.48 bits per heavy atom. The zero-order valence-electron chi connectivity index (χ0n) is 13.1. The van der Waals surface area contributed by atoms with Crippen molar-refractivity contribution in [2.75, 3.05) is 13.7 Å². The Kier molecular flexibility index (Phi) is 5.27. The van der Waals surface area contributed by atoms with Crippen LogP contribution < -0.4 is 4.74 Å². The van der Waals surface area contributed by atoms with Gasteiger partial charge in [-0.1, -0.05) is 19.3 Å². The van der Waals surface area contributed by atoms with Gasteiger partial charge >= 0.3 is 0 Å². The molecule has 0 saturated heterocycles. The van der Waals surface area contributed by atoms with Gasteiger partial charge < -0.3 is 4.74 Å². The minimum Gasteiger partial charge on any atom is -0.494 e. The quantitative estimate of drug-likeness (QED) is 0.838. The SMILES string of the molecule is CCOc1ccc(S(=O)(=O)N(C)C2CCCCC2)cc1C. The van der Waals surface area contributed by atoms with Gasteiger partial charge in [-0.05, 0) is 50.5 Å². The molecule has 5 heteroatoms. The first-order valence-corrected chi connectivity index (χ1v) is 9.12. The number of ether oxygens (including phenoxy) is 1. The second-order valence-corrected chi connectivity index (χ2v) is 7.67. The minimum atomic E-state index is -3.42. The summed E-state index contributed by atoms with van der Waals surface area (Å²) in [5.41, 5.74) is 0.856. The minimum absolute atomic E-state index is 0.135. The maximum atomic E-state index is 12.7. The standard InChI is InChI=1S/C16H25NO3S/c1-4-20-16-11-10-15(12-13(16)2)21(18,19)17(3)14-8-6-5-7-9-14/h10-12,14H,4-9H2,1-3H3. The van der Waals surface area contributed by atoms with Crippen LogP contribution in [0.1, 0.15) is 44.6 Å². The van der Waals surface area contributed by atoms with Gasteiger partial charge in [-0.15, -0.1) is 0 Å². The molecule has 118 valence electrons. The monoisotopic (exact) mass is 311 g/mol. The van der Waals surface area contributed by atoms with Gasteiger partial charge in [0.2, 0.25) is 10.0 Å². The van der Waals surface area contributed by atoms with Crippen LogP contribution in [0.4, 0.5) is 0 Å². The van der Waals surface area contributed by atoms with Crippen LogP contribution in [0, 0.1) is 6.92 Å². The Hall–Kier alpha value is -1.07. The summed E-state index contributed by atoms with van der Waals surface area (Å²) in [5, 5.41) is 0. The Morgan fingerprint density at radius 1 is 1.24 bits per heavy atom. The van der Waals surface area contributed by atoms with Crippen molar-refractivity contribution in [1.29, 1.82) is 0 Å². The molecular formula is C16H25NO3S. The third-order valence-corrected chi connectivity index (χ3v) is 6.12. The van der Waals surface area contributed by atoms with Crippen LogP contribution in [0.5, 0.6) is 5.75 Å². The first-order valence-electron chi connectivity index (χ1n) is 7.68. The molecule has 0 atom stereocenters. The van der Waals surface area contributed by atoms with Gasteiger partial charge in [0, 0.05) is 13.1 Å². The molecule has 21 heavy (non-hydrogen) atoms. The molecule has 4 nitrogen and oxygen atoms in total. The molecule has 1 aromatic rings. The number of benzene rings is 1. The zero-order chi connectivity index (χ0) is 15.5. The molecule has 2 rings (SSSR count). The van der Waals surface area contributed by atoms with E-state index in [1.165, 1.54) is 6.42 Å². The fourth-order valence-electron chi connectivity index (χ4n) is 2.91. The molecule has 0 radical (unpaired) electrons. The van der Waals surface area contributed by atoms with Crippen LogP contribution in [-0.4, -0.2) is 32.4 Å². The van der Waals surface area contributed by atoms with E-state index < -0.39 is 10.0 Å². The van der Waals surface area contributed by atoms with Crippen molar-refractivity contribution < 1.29 is 13.2 Å². The third kappa shape index (κ3) is 3.58. The van der Waals surface area contributed by atoms with Gasteiger partial charge in [-0.2, -0.15) is 4.31 Å². The highest BCUT2D eigenvalue weighted by atomic mass is 32.2. The van der Waals surface area contributed by atoms with Gasteiger partial charge in [-0.3, -0.25) is 0 Å². The summed E-state index contributed by atoms with van der Waals surface area (Å²) in [5.74, 6) is 0.747. The average Bonchev–Trinajstić information content (AvgIpc) is 2.49. The van der Waals surface area contributed by atoms with Crippen LogP contribution in [0.3, 0.4) is 0 Å². The molecule has 1 saturated carbocycles. The van der Waals surface area contributed by atoms with Crippen LogP contribution in [0.25, 0.3) is 0 Å². The topological polar surface area (TPSA) is 46.6 Å². The molecule has 0 N–H and O–H groups in total. The number of hydrogen-bond acceptors (Lipinski definition) is 3. The zero-order valence-corrected chi connectivity index (χ0v) is 13.9. The molecular weight excluding hydrogens is 286 g/mol. The highest BCUT2D eigenvalue weighted by Crippen LogP contribution is 2.28. The molecule has 0 bridgehead atoms. The fraction of sp³-hybridized carbons (Fsp3) is 0.625. The summed E-state index contributed by atoms with van der Waals surface area (Å²) in [6.45, 7) is 4.38. The highest BCUT2D eigenvalue weighted by molar-refractivity contribution is 7.89. The highest BCUT2D eigenvalue weighted by Gasteiger charge is 2.29. The predicted octanol–water partition coefficient (Wildman–Crippen LogP) is 3.35. The van der Waals surface area contributed by atoms with E-state index in [2.05, 4.69) is 0 Å². The van der Waals surface area contributed by atoms with E-state index in [9.17, 15) is 8.42 Å². The number of aryl methyl sites for hydroxylation is 1. The van der Waals surface area contributed by atoms with Crippen LogP contribution in [0.2, 0.25) is 0 Å². The molecule has 0 heterocycles. The van der Waals surface area contributed by atoms with Crippen molar-refractivity contribution in [3.63, 3.8) is 0 Å². The van der Waals surface area contributed by atoms with E-state index in [1.807, 2.05) is 13.8 Å². The van der Waals surface area contributed by atoms with E-state index in [1.54, 1.807) is 29.6 Å². The van der Waals surface area contributed by atoms with E-state index in [0.29, 0.717) is 11.5 Å². The Labute approximate surface area is 128 Å². The summed E-state index contributed by atoms with van der Waals surface area (Å²) >= 11 is 0. The lowest BCUT2D eigenvalue weighted by Gasteiger charge is -2.30. The number of hydrogen-bond donors (Lipinski definition) is 0. The van der Waals surface area contributed by atoms with Crippen molar-refractivity contribution in [2.24, 2.45) is 0 Å². The number of sulfonamides is 1. The average molecular weight is 311 g/mol. The summed E-state index contributed by atoms with van der Waals surface area (Å²) in [6.07, 6.45) is 5.38. The van der Waals surface area contributed by atoms with Gasteiger partial charge in [0.05, 0.1) is 11.5 Å². The van der Waals surface area contributed by atoms with Gasteiger partial charge in [0.25, 0.3) is 0 Å². The first kappa shape index (κ1) is 16.3. The van der Waals surface area contributed by atoms with Gasteiger partial charge in [0.1, 0.15) is 5.75 Å². The third-order valence-electron chi connectivity index (χ3n) is 4.21. The molecule has 0 unspecified atom stereocenters. The maximum Gasteiger partial charge on any atom is 0.243 e. The van der Waals surface area contributed by atoms with Crippen molar-refractivity contribution in [3.8, 4) is 5.75 Å². The molecule has 0 spiro atoms. The summed E-state index contributed by atoms with van der Waals surface area (Å²) in [6, 6.07) is 5.24. The van der Waals surface area contributed by atoms with Crippen LogP contribution in [-0.2, 0) is 10.0 Å². The predicted molar refractivity (Wildman–Crippen MR) is 84.2 cm³/mol. The number of rotatable bonds is 5. The Bertz CT molecular complexity index is 577. The lowest BCUT2D eigenvalue weighted by atomic mass is 9.96. The molecule has 1 aliphatic rings. The van der Waals surface area contributed by atoms with Crippen molar-refractivity contribution in [3.05, 3.63) is 23.8 Å². The summed E-state index contributed by atoms with van der Waals surface area (Å²) < 4.78 is 32.5. The number of nitrogens with zero attached hydrogens (tertiary/aromatic N) is 1. The first-order chi connectivity index (χ1) is 9.96. The van der Waals surface area contributed by atoms with Gasteiger partial charge in [-0.25, -0.2) is 8.42 Å². The Balaban J connectivity index is 2.24. The maximum absolute atomic E-state index is 12.7. The Morgan fingerprint density at radius 2 is 1.90 bits per heavy atom. The largest absolute Gasteiger partial charge is 0.494 e. The second kappa shape index (κ2) is 6.79. The summed E-state index contributed by atoms with van der Waals surface area (Å²) in [4.78, 5) is 0.358. The molecule has 1 aliphatic carbocycles. The van der Waals surface area contributed by atoms with E-state index in [4.69, 9.17) is 4.74 Å².